The number of hydrogen-bond donors (Lipinski definition) is 3. The molecule has 0 aliphatic rings. The second-order valence-electron chi connectivity index (χ2n) is 14.4. The van der Waals surface area contributed by atoms with Crippen LogP contribution in [0, 0.1) is 0 Å². The molecule has 1 unspecified atom stereocenters. The number of aliphatic hydroxyl groups excluding tert-OH is 2. The highest BCUT2D eigenvalue weighted by Gasteiger charge is 2.27. The summed E-state index contributed by atoms with van der Waals surface area (Å²) in [5.41, 5.74) is 0. The van der Waals surface area contributed by atoms with E-state index in [4.69, 9.17) is 19.1 Å². The van der Waals surface area contributed by atoms with Crippen LogP contribution in [0.2, 0.25) is 0 Å². The van der Waals surface area contributed by atoms with E-state index in [-0.39, 0.29) is 19.4 Å². The lowest BCUT2D eigenvalue weighted by atomic mass is 10.0. The topological polar surface area (TPSA) is 149 Å². The summed E-state index contributed by atoms with van der Waals surface area (Å²) < 4.78 is 32.6. The molecule has 0 aromatic rings. The normalized spacial score (nSPS) is 13.9. The van der Waals surface area contributed by atoms with Crippen LogP contribution in [0.15, 0.2) is 0 Å². The minimum Gasteiger partial charge on any atom is -0.462 e. The fourth-order valence-electron chi connectivity index (χ4n) is 5.99. The molecule has 0 fully saturated rings. The van der Waals surface area contributed by atoms with Crippen LogP contribution in [-0.2, 0) is 32.7 Å². The molecular formula is C40H79O10P. The van der Waals surface area contributed by atoms with Crippen molar-refractivity contribution in [3.05, 3.63) is 0 Å². The fourth-order valence-corrected chi connectivity index (χ4v) is 6.78. The van der Waals surface area contributed by atoms with Crippen molar-refractivity contribution in [3.8, 4) is 0 Å². The quantitative estimate of drug-likeness (QED) is 0.0314. The molecule has 3 atom stereocenters. The molecule has 0 aromatic heterocycles. The molecule has 11 heteroatoms. The Morgan fingerprint density at radius 3 is 1.22 bits per heavy atom. The van der Waals surface area contributed by atoms with Crippen LogP contribution in [0.4, 0.5) is 0 Å². The average Bonchev–Trinajstić information content (AvgIpc) is 3.12. The van der Waals surface area contributed by atoms with E-state index in [1.807, 2.05) is 0 Å². The number of rotatable bonds is 40. The second-order valence-corrected chi connectivity index (χ2v) is 15.8. The molecule has 0 rings (SSSR count). The highest BCUT2D eigenvalue weighted by Crippen LogP contribution is 2.43. The van der Waals surface area contributed by atoms with E-state index in [0.29, 0.717) is 12.8 Å². The number of ether oxygens (including phenoxy) is 2. The lowest BCUT2D eigenvalue weighted by molar-refractivity contribution is -0.161. The van der Waals surface area contributed by atoms with Crippen LogP contribution >= 0.6 is 7.82 Å². The van der Waals surface area contributed by atoms with Crippen molar-refractivity contribution in [3.63, 3.8) is 0 Å². The number of carbonyl (C=O) groups is 2. The number of aliphatic hydroxyl groups is 2. The minimum absolute atomic E-state index is 0.192. The Kier molecular flexibility index (Phi) is 36.5. The number of esters is 2. The van der Waals surface area contributed by atoms with Gasteiger partial charge in [-0.3, -0.25) is 18.6 Å². The van der Waals surface area contributed by atoms with Crippen molar-refractivity contribution in [1.29, 1.82) is 0 Å². The monoisotopic (exact) mass is 751 g/mol. The van der Waals surface area contributed by atoms with Gasteiger partial charge in [0.2, 0.25) is 0 Å². The Balaban J connectivity index is 4.22. The van der Waals surface area contributed by atoms with E-state index >= 15 is 0 Å². The van der Waals surface area contributed by atoms with Crippen LogP contribution in [-0.4, -0.2) is 65.7 Å². The molecule has 0 saturated carbocycles. The molecule has 0 aliphatic carbocycles. The first-order valence-corrected chi connectivity index (χ1v) is 22.5. The Labute approximate surface area is 312 Å². The van der Waals surface area contributed by atoms with E-state index in [0.717, 1.165) is 38.5 Å². The predicted octanol–water partition coefficient (Wildman–Crippen LogP) is 10.7. The van der Waals surface area contributed by atoms with Gasteiger partial charge in [-0.1, -0.05) is 181 Å². The van der Waals surface area contributed by atoms with E-state index < -0.39 is 51.8 Å². The summed E-state index contributed by atoms with van der Waals surface area (Å²) >= 11 is 0. The molecule has 0 saturated heterocycles. The molecule has 51 heavy (non-hydrogen) atoms. The van der Waals surface area contributed by atoms with Gasteiger partial charge in [-0.15, -0.1) is 0 Å². The van der Waals surface area contributed by atoms with Crippen LogP contribution in [0.1, 0.15) is 206 Å². The Bertz CT molecular complexity index is 827. The predicted molar refractivity (Wildman–Crippen MR) is 206 cm³/mol. The molecule has 0 heterocycles. The van der Waals surface area contributed by atoms with Gasteiger partial charge in [0.05, 0.1) is 19.8 Å². The second kappa shape index (κ2) is 37.3. The largest absolute Gasteiger partial charge is 0.472 e. The van der Waals surface area contributed by atoms with Crippen molar-refractivity contribution >= 4 is 19.8 Å². The first kappa shape index (κ1) is 50.0. The zero-order chi connectivity index (χ0) is 37.7. The molecule has 10 nitrogen and oxygen atoms in total. The number of phosphoric acid groups is 1. The van der Waals surface area contributed by atoms with Crippen molar-refractivity contribution in [2.24, 2.45) is 0 Å². The first-order chi connectivity index (χ1) is 24.7. The molecule has 0 spiro atoms. The van der Waals surface area contributed by atoms with Gasteiger partial charge in [-0.2, -0.15) is 0 Å². The SMILES string of the molecule is CCCCCCCCCCCCCCCCCCCCC(=O)O[C@H](COC(=O)CCCCCCCCCCCC)COP(=O)(O)OC[C@@H](O)CO. The summed E-state index contributed by atoms with van der Waals surface area (Å²) in [5, 5.41) is 18.3. The van der Waals surface area contributed by atoms with Gasteiger partial charge in [0.1, 0.15) is 12.7 Å². The Morgan fingerprint density at radius 1 is 0.510 bits per heavy atom. The molecular weight excluding hydrogens is 671 g/mol. The molecule has 0 aromatic carbocycles. The Morgan fingerprint density at radius 2 is 0.843 bits per heavy atom. The van der Waals surface area contributed by atoms with Gasteiger partial charge in [-0.05, 0) is 12.8 Å². The van der Waals surface area contributed by atoms with E-state index in [1.165, 1.54) is 128 Å². The zero-order valence-electron chi connectivity index (χ0n) is 32.8. The minimum atomic E-state index is -4.60. The maximum absolute atomic E-state index is 12.6. The summed E-state index contributed by atoms with van der Waals surface area (Å²) in [6.07, 6.45) is 32.2. The molecule has 0 radical (unpaired) electrons. The average molecular weight is 751 g/mol. The van der Waals surface area contributed by atoms with Crippen molar-refractivity contribution in [2.75, 3.05) is 26.4 Å². The van der Waals surface area contributed by atoms with Crippen molar-refractivity contribution in [1.82, 2.24) is 0 Å². The lowest BCUT2D eigenvalue weighted by Gasteiger charge is -2.20. The van der Waals surface area contributed by atoms with Gasteiger partial charge < -0.3 is 24.6 Å². The molecule has 304 valence electrons. The lowest BCUT2D eigenvalue weighted by Crippen LogP contribution is -2.29. The van der Waals surface area contributed by atoms with Gasteiger partial charge in [-0.25, -0.2) is 4.57 Å². The van der Waals surface area contributed by atoms with Gasteiger partial charge in [0.15, 0.2) is 6.10 Å². The van der Waals surface area contributed by atoms with Gasteiger partial charge in [0.25, 0.3) is 0 Å². The number of unbranched alkanes of at least 4 members (excludes halogenated alkanes) is 26. The highest BCUT2D eigenvalue weighted by atomic mass is 31.2. The van der Waals surface area contributed by atoms with Crippen LogP contribution in [0.3, 0.4) is 0 Å². The smallest absolute Gasteiger partial charge is 0.462 e. The molecule has 0 amide bonds. The summed E-state index contributed by atoms with van der Waals surface area (Å²) in [4.78, 5) is 34.8. The van der Waals surface area contributed by atoms with Crippen LogP contribution in [0.5, 0.6) is 0 Å². The molecule has 3 N–H and O–H groups in total. The first-order valence-electron chi connectivity index (χ1n) is 21.0. The molecule has 0 bridgehead atoms. The zero-order valence-corrected chi connectivity index (χ0v) is 33.7. The summed E-state index contributed by atoms with van der Waals surface area (Å²) in [6, 6.07) is 0. The third kappa shape index (κ3) is 37.1. The van der Waals surface area contributed by atoms with E-state index in [1.54, 1.807) is 0 Å². The third-order valence-electron chi connectivity index (χ3n) is 9.26. The summed E-state index contributed by atoms with van der Waals surface area (Å²) in [5.74, 6) is -0.913. The standard InChI is InChI=1S/C40H79O10P/c1-3-5-7-9-11-13-15-16-17-18-19-20-21-22-24-26-28-30-32-40(44)50-38(36-49-51(45,46)48-34-37(42)33-41)35-47-39(43)31-29-27-25-23-14-12-10-8-6-4-2/h37-38,41-42H,3-36H2,1-2H3,(H,45,46)/t37-,38+/m0/s1. The van der Waals surface area contributed by atoms with Crippen LogP contribution < -0.4 is 0 Å². The van der Waals surface area contributed by atoms with Gasteiger partial charge in [0, 0.05) is 12.8 Å². The van der Waals surface area contributed by atoms with Gasteiger partial charge >= 0.3 is 19.8 Å². The molecule has 0 aliphatic heterocycles. The highest BCUT2D eigenvalue weighted by molar-refractivity contribution is 7.47. The number of phosphoric ester groups is 1. The maximum atomic E-state index is 12.6. The van der Waals surface area contributed by atoms with Crippen molar-refractivity contribution in [2.45, 2.75) is 219 Å². The summed E-state index contributed by atoms with van der Waals surface area (Å²) in [6.45, 7) is 2.39. The number of hydrogen-bond acceptors (Lipinski definition) is 9. The van der Waals surface area contributed by atoms with Crippen LogP contribution in [0.25, 0.3) is 0 Å². The number of carbonyl (C=O) groups excluding carboxylic acids is 2. The van der Waals surface area contributed by atoms with E-state index in [2.05, 4.69) is 18.4 Å². The maximum Gasteiger partial charge on any atom is 0.472 e. The fraction of sp³-hybridized carbons (Fsp3) is 0.950. The third-order valence-corrected chi connectivity index (χ3v) is 10.2. The Hall–Kier alpha value is -1.03. The summed E-state index contributed by atoms with van der Waals surface area (Å²) in [7, 11) is -4.60. The van der Waals surface area contributed by atoms with E-state index in [9.17, 15) is 24.2 Å². The van der Waals surface area contributed by atoms with Crippen molar-refractivity contribution < 1.29 is 47.8 Å².